The molecule has 1 aliphatic heterocycles. The number of amides is 4. The van der Waals surface area contributed by atoms with Gasteiger partial charge in [0.05, 0.1) is 5.69 Å². The molecular formula is C21H18N4O3. The lowest BCUT2D eigenvalue weighted by atomic mass is 9.97. The second-order valence-corrected chi connectivity index (χ2v) is 6.74. The number of anilines is 1. The molecule has 1 unspecified atom stereocenters. The summed E-state index contributed by atoms with van der Waals surface area (Å²) in [4.78, 5) is 42.9. The summed E-state index contributed by atoms with van der Waals surface area (Å²) in [6.45, 7) is 1.20. The molecule has 7 nitrogen and oxygen atoms in total. The lowest BCUT2D eigenvalue weighted by Crippen LogP contribution is -2.42. The Balaban J connectivity index is 1.53. The molecule has 4 rings (SSSR count). The number of imide groups is 1. The monoisotopic (exact) mass is 374 g/mol. The van der Waals surface area contributed by atoms with Gasteiger partial charge in [0.2, 0.25) is 5.91 Å². The number of nitrogens with one attached hydrogen (secondary N) is 2. The average Bonchev–Trinajstić information content (AvgIpc) is 2.93. The summed E-state index contributed by atoms with van der Waals surface area (Å²) >= 11 is 0. The van der Waals surface area contributed by atoms with Crippen LogP contribution in [0.25, 0.3) is 10.8 Å². The highest BCUT2D eigenvalue weighted by Crippen LogP contribution is 2.27. The van der Waals surface area contributed by atoms with Crippen molar-refractivity contribution < 1.29 is 14.4 Å². The predicted octanol–water partition coefficient (Wildman–Crippen LogP) is 2.64. The standard InChI is InChI=1S/C21H18N4O3/c1-21(17-11-4-5-12-22-17)19(27)25(20(28)24-21)13-18(26)23-16-10-6-8-14-7-2-3-9-15(14)16/h2-12H,13H2,1H3,(H,23,26)(H,24,28). The second kappa shape index (κ2) is 6.77. The molecule has 0 spiro atoms. The summed E-state index contributed by atoms with van der Waals surface area (Å²) in [6, 6.07) is 17.7. The first kappa shape index (κ1) is 17.7. The van der Waals surface area contributed by atoms with Gasteiger partial charge in [-0.3, -0.25) is 19.5 Å². The number of fused-ring (bicyclic) bond motifs is 1. The van der Waals surface area contributed by atoms with Gasteiger partial charge in [-0.1, -0.05) is 42.5 Å². The van der Waals surface area contributed by atoms with Crippen LogP contribution in [0.15, 0.2) is 66.9 Å². The highest BCUT2D eigenvalue weighted by atomic mass is 16.2. The van der Waals surface area contributed by atoms with Crippen molar-refractivity contribution in [3.8, 4) is 0 Å². The first-order chi connectivity index (χ1) is 13.5. The minimum atomic E-state index is -1.29. The lowest BCUT2D eigenvalue weighted by molar-refractivity contribution is -0.133. The smallest absolute Gasteiger partial charge is 0.324 e. The van der Waals surface area contributed by atoms with E-state index in [0.717, 1.165) is 15.7 Å². The normalized spacial score (nSPS) is 19.0. The van der Waals surface area contributed by atoms with Crippen LogP contribution in [0.2, 0.25) is 0 Å². The van der Waals surface area contributed by atoms with Crippen molar-refractivity contribution >= 4 is 34.3 Å². The summed E-state index contributed by atoms with van der Waals surface area (Å²) in [5, 5.41) is 7.30. The number of hydrogen-bond acceptors (Lipinski definition) is 4. The first-order valence-electron chi connectivity index (χ1n) is 8.82. The maximum Gasteiger partial charge on any atom is 0.325 e. The number of carbonyl (C=O) groups is 3. The molecule has 0 saturated carbocycles. The van der Waals surface area contributed by atoms with Gasteiger partial charge in [0.1, 0.15) is 6.54 Å². The van der Waals surface area contributed by atoms with Gasteiger partial charge < -0.3 is 10.6 Å². The first-order valence-corrected chi connectivity index (χ1v) is 8.82. The fourth-order valence-corrected chi connectivity index (χ4v) is 3.34. The molecule has 140 valence electrons. The van der Waals surface area contributed by atoms with Crippen LogP contribution in [-0.2, 0) is 15.1 Å². The number of benzene rings is 2. The van der Waals surface area contributed by atoms with Gasteiger partial charge in [-0.15, -0.1) is 0 Å². The molecule has 0 aliphatic carbocycles. The molecule has 0 radical (unpaired) electrons. The molecule has 2 heterocycles. The van der Waals surface area contributed by atoms with Gasteiger partial charge >= 0.3 is 6.03 Å². The van der Waals surface area contributed by atoms with Crippen LogP contribution in [-0.4, -0.2) is 34.3 Å². The highest BCUT2D eigenvalue weighted by molar-refractivity contribution is 6.11. The van der Waals surface area contributed by atoms with Gasteiger partial charge in [-0.05, 0) is 30.5 Å². The van der Waals surface area contributed by atoms with E-state index in [1.54, 1.807) is 37.4 Å². The van der Waals surface area contributed by atoms with Crippen LogP contribution in [0.5, 0.6) is 0 Å². The van der Waals surface area contributed by atoms with Crippen molar-refractivity contribution in [3.63, 3.8) is 0 Å². The summed E-state index contributed by atoms with van der Waals surface area (Å²) in [5.74, 6) is -0.964. The van der Waals surface area contributed by atoms with E-state index < -0.39 is 23.4 Å². The van der Waals surface area contributed by atoms with Gasteiger partial charge in [0, 0.05) is 17.3 Å². The summed E-state index contributed by atoms with van der Waals surface area (Å²) in [7, 11) is 0. The summed E-state index contributed by atoms with van der Waals surface area (Å²) in [6.07, 6.45) is 1.55. The maximum atomic E-state index is 12.9. The van der Waals surface area contributed by atoms with Crippen LogP contribution >= 0.6 is 0 Å². The fourth-order valence-electron chi connectivity index (χ4n) is 3.34. The topological polar surface area (TPSA) is 91.4 Å². The molecule has 1 fully saturated rings. The molecule has 4 amide bonds. The van der Waals surface area contributed by atoms with Gasteiger partial charge in [0.25, 0.3) is 5.91 Å². The number of rotatable bonds is 4. The minimum Gasteiger partial charge on any atom is -0.324 e. The molecular weight excluding hydrogens is 356 g/mol. The molecule has 2 aromatic carbocycles. The number of nitrogens with zero attached hydrogens (tertiary/aromatic N) is 2. The van der Waals surface area contributed by atoms with E-state index in [1.165, 1.54) is 0 Å². The largest absolute Gasteiger partial charge is 0.325 e. The van der Waals surface area contributed by atoms with Gasteiger partial charge in [-0.25, -0.2) is 4.79 Å². The molecule has 1 saturated heterocycles. The zero-order chi connectivity index (χ0) is 19.7. The zero-order valence-electron chi connectivity index (χ0n) is 15.2. The minimum absolute atomic E-state index is 0.379. The van der Waals surface area contributed by atoms with Crippen LogP contribution < -0.4 is 10.6 Å². The van der Waals surface area contributed by atoms with Crippen molar-refractivity contribution in [1.82, 2.24) is 15.2 Å². The highest BCUT2D eigenvalue weighted by Gasteiger charge is 2.50. The molecule has 1 atom stereocenters. The number of aromatic nitrogens is 1. The van der Waals surface area contributed by atoms with Crippen LogP contribution in [0, 0.1) is 0 Å². The number of carbonyl (C=O) groups excluding carboxylic acids is 3. The molecule has 1 aromatic heterocycles. The SMILES string of the molecule is CC1(c2ccccn2)NC(=O)N(CC(=O)Nc2cccc3ccccc23)C1=O. The Morgan fingerprint density at radius 1 is 1.07 bits per heavy atom. The lowest BCUT2D eigenvalue weighted by Gasteiger charge is -2.20. The van der Waals surface area contributed by atoms with E-state index in [0.29, 0.717) is 11.4 Å². The third-order valence-corrected chi connectivity index (χ3v) is 4.82. The maximum absolute atomic E-state index is 12.9. The van der Waals surface area contributed by atoms with Crippen molar-refractivity contribution in [2.45, 2.75) is 12.5 Å². The molecule has 28 heavy (non-hydrogen) atoms. The Hall–Kier alpha value is -3.74. The van der Waals surface area contributed by atoms with Crippen LogP contribution in [0.4, 0.5) is 10.5 Å². The molecule has 1 aliphatic rings. The van der Waals surface area contributed by atoms with Crippen molar-refractivity contribution in [2.24, 2.45) is 0 Å². The predicted molar refractivity (Wildman–Crippen MR) is 104 cm³/mol. The van der Waals surface area contributed by atoms with E-state index in [4.69, 9.17) is 0 Å². The van der Waals surface area contributed by atoms with Gasteiger partial charge in [0.15, 0.2) is 5.54 Å². The quantitative estimate of drug-likeness (QED) is 0.687. The van der Waals surface area contributed by atoms with Crippen LogP contribution in [0.3, 0.4) is 0 Å². The van der Waals surface area contributed by atoms with E-state index in [2.05, 4.69) is 15.6 Å². The number of pyridine rings is 1. The van der Waals surface area contributed by atoms with Crippen molar-refractivity contribution in [3.05, 3.63) is 72.6 Å². The van der Waals surface area contributed by atoms with E-state index in [1.807, 2.05) is 36.4 Å². The van der Waals surface area contributed by atoms with Crippen molar-refractivity contribution in [1.29, 1.82) is 0 Å². The molecule has 7 heteroatoms. The van der Waals surface area contributed by atoms with E-state index in [-0.39, 0.29) is 6.54 Å². The third-order valence-electron chi connectivity index (χ3n) is 4.82. The Morgan fingerprint density at radius 2 is 1.82 bits per heavy atom. The Bertz CT molecular complexity index is 1080. The number of urea groups is 1. The van der Waals surface area contributed by atoms with Gasteiger partial charge in [-0.2, -0.15) is 0 Å². The second-order valence-electron chi connectivity index (χ2n) is 6.74. The average molecular weight is 374 g/mol. The molecule has 2 N–H and O–H groups in total. The van der Waals surface area contributed by atoms with E-state index >= 15 is 0 Å². The summed E-state index contributed by atoms with van der Waals surface area (Å²) in [5.41, 5.74) is -0.245. The molecule has 3 aromatic rings. The molecule has 0 bridgehead atoms. The fraction of sp³-hybridized carbons (Fsp3) is 0.143. The Labute approximate surface area is 161 Å². The number of hydrogen-bond donors (Lipinski definition) is 2. The zero-order valence-corrected chi connectivity index (χ0v) is 15.2. The van der Waals surface area contributed by atoms with Crippen LogP contribution in [0.1, 0.15) is 12.6 Å². The Kier molecular flexibility index (Phi) is 4.27. The summed E-state index contributed by atoms with van der Waals surface area (Å²) < 4.78 is 0. The third kappa shape index (κ3) is 2.96. The van der Waals surface area contributed by atoms with E-state index in [9.17, 15) is 14.4 Å². The Morgan fingerprint density at radius 3 is 2.61 bits per heavy atom. The van der Waals surface area contributed by atoms with Crippen molar-refractivity contribution in [2.75, 3.05) is 11.9 Å².